The normalized spacial score (nSPS) is 24.2. The third-order valence-corrected chi connectivity index (χ3v) is 6.47. The molecular formula is C24H31N3O3. The average Bonchev–Trinajstić information content (AvgIpc) is 3.31. The van der Waals surface area contributed by atoms with Gasteiger partial charge < -0.3 is 14.4 Å². The molecule has 0 aliphatic carbocycles. The number of piperidine rings is 1. The van der Waals surface area contributed by atoms with Gasteiger partial charge in [-0.05, 0) is 44.7 Å². The Morgan fingerprint density at radius 2 is 2.10 bits per heavy atom. The lowest BCUT2D eigenvalue weighted by Crippen LogP contribution is -2.57. The van der Waals surface area contributed by atoms with Crippen LogP contribution in [0.3, 0.4) is 0 Å². The molecule has 0 radical (unpaired) electrons. The highest BCUT2D eigenvalue weighted by Gasteiger charge is 2.47. The van der Waals surface area contributed by atoms with E-state index in [0.29, 0.717) is 19.7 Å². The highest BCUT2D eigenvalue weighted by Crippen LogP contribution is 2.38. The molecule has 2 aliphatic heterocycles. The third-order valence-electron chi connectivity index (χ3n) is 6.47. The smallest absolute Gasteiger partial charge is 0.246 e. The van der Waals surface area contributed by atoms with E-state index in [1.54, 1.807) is 6.08 Å². The summed E-state index contributed by atoms with van der Waals surface area (Å²) in [5.74, 6) is 0.0128. The molecule has 2 atom stereocenters. The van der Waals surface area contributed by atoms with Gasteiger partial charge in [0.05, 0.1) is 17.9 Å². The predicted molar refractivity (Wildman–Crippen MR) is 116 cm³/mol. The number of hydrogen-bond acceptors (Lipinski definition) is 4. The maximum absolute atomic E-state index is 12.9. The van der Waals surface area contributed by atoms with Gasteiger partial charge >= 0.3 is 0 Å². The van der Waals surface area contributed by atoms with Gasteiger partial charge in [0.25, 0.3) is 0 Å². The Morgan fingerprint density at radius 3 is 2.77 bits per heavy atom. The molecule has 2 aromatic rings. The summed E-state index contributed by atoms with van der Waals surface area (Å²) < 4.78 is 14.4. The van der Waals surface area contributed by atoms with E-state index in [1.807, 2.05) is 54.8 Å². The lowest BCUT2D eigenvalue weighted by atomic mass is 9.85. The van der Waals surface area contributed by atoms with E-state index in [0.717, 1.165) is 48.4 Å². The Hall–Kier alpha value is -2.44. The molecule has 3 heterocycles. The minimum Gasteiger partial charge on any atom is -0.372 e. The fourth-order valence-corrected chi connectivity index (χ4v) is 4.58. The van der Waals surface area contributed by atoms with E-state index in [4.69, 9.17) is 9.47 Å². The second kappa shape index (κ2) is 8.74. The molecule has 0 unspecified atom stereocenters. The van der Waals surface area contributed by atoms with E-state index < -0.39 is 0 Å². The van der Waals surface area contributed by atoms with Crippen LogP contribution >= 0.6 is 0 Å². The van der Waals surface area contributed by atoms with Gasteiger partial charge in [-0.2, -0.15) is 5.10 Å². The molecule has 4 rings (SSSR count). The summed E-state index contributed by atoms with van der Waals surface area (Å²) in [7, 11) is 1.92. The largest absolute Gasteiger partial charge is 0.372 e. The van der Waals surface area contributed by atoms with Crippen molar-refractivity contribution in [3.8, 4) is 0 Å². The molecule has 1 aromatic carbocycles. The Balaban J connectivity index is 1.45. The van der Waals surface area contributed by atoms with E-state index in [-0.39, 0.29) is 17.6 Å². The van der Waals surface area contributed by atoms with Crippen LogP contribution in [-0.2, 0) is 27.9 Å². The summed E-state index contributed by atoms with van der Waals surface area (Å²) in [5, 5.41) is 4.42. The van der Waals surface area contributed by atoms with Gasteiger partial charge in [0.15, 0.2) is 0 Å². The van der Waals surface area contributed by atoms with Crippen LogP contribution in [0.15, 0.2) is 36.4 Å². The highest BCUT2D eigenvalue weighted by atomic mass is 16.6. The van der Waals surface area contributed by atoms with Crippen molar-refractivity contribution in [1.29, 1.82) is 0 Å². The number of carbonyl (C=O) groups excluding carboxylic acids is 1. The number of amides is 1. The van der Waals surface area contributed by atoms with Crippen molar-refractivity contribution >= 4 is 12.0 Å². The van der Waals surface area contributed by atoms with Crippen LogP contribution in [-0.4, -0.2) is 52.0 Å². The van der Waals surface area contributed by atoms with Crippen LogP contribution in [0, 0.1) is 13.8 Å². The second-order valence-electron chi connectivity index (χ2n) is 8.38. The first-order valence-electron chi connectivity index (χ1n) is 10.8. The molecule has 6 nitrogen and oxygen atoms in total. The van der Waals surface area contributed by atoms with Crippen molar-refractivity contribution < 1.29 is 14.3 Å². The second-order valence-corrected chi connectivity index (χ2v) is 8.38. The molecule has 2 aliphatic rings. The lowest BCUT2D eigenvalue weighted by Gasteiger charge is -2.44. The fraction of sp³-hybridized carbons (Fsp3) is 0.500. The van der Waals surface area contributed by atoms with E-state index in [9.17, 15) is 4.79 Å². The van der Waals surface area contributed by atoms with Crippen molar-refractivity contribution in [1.82, 2.24) is 14.7 Å². The molecule has 2 saturated heterocycles. The molecule has 160 valence electrons. The van der Waals surface area contributed by atoms with Crippen LogP contribution in [0.2, 0.25) is 0 Å². The maximum Gasteiger partial charge on any atom is 0.246 e. The van der Waals surface area contributed by atoms with E-state index in [2.05, 4.69) is 17.2 Å². The summed E-state index contributed by atoms with van der Waals surface area (Å²) >= 11 is 0. The number of aryl methyl sites for hydroxylation is 2. The zero-order valence-electron chi connectivity index (χ0n) is 18.1. The number of aromatic nitrogens is 2. The molecule has 1 amide bonds. The van der Waals surface area contributed by atoms with Crippen molar-refractivity contribution in [3.63, 3.8) is 0 Å². The summed E-state index contributed by atoms with van der Waals surface area (Å²) in [6.07, 6.45) is 6.30. The average molecular weight is 410 g/mol. The standard InChI is InChI=1S/C24H31N3O3/c1-18-21(19(2)26(3)25-18)10-11-23(28)27-14-13-24(12-7-15-30-24)22(16-27)29-17-20-8-5-4-6-9-20/h4-6,8-11,22H,7,12-17H2,1-3H3/b11-10+/t22-,24-/m1/s1. The summed E-state index contributed by atoms with van der Waals surface area (Å²) in [6.45, 7) is 6.54. The minimum absolute atomic E-state index is 0.0128. The topological polar surface area (TPSA) is 56.6 Å². The first-order chi connectivity index (χ1) is 14.5. The number of nitrogens with zero attached hydrogens (tertiary/aromatic N) is 3. The summed E-state index contributed by atoms with van der Waals surface area (Å²) in [4.78, 5) is 14.8. The zero-order valence-corrected chi connectivity index (χ0v) is 18.1. The first kappa shape index (κ1) is 20.8. The number of ether oxygens (including phenoxy) is 2. The van der Waals surface area contributed by atoms with Crippen LogP contribution in [0.1, 0.15) is 41.8 Å². The number of benzene rings is 1. The van der Waals surface area contributed by atoms with Gasteiger partial charge in [-0.25, -0.2) is 0 Å². The Morgan fingerprint density at radius 1 is 1.30 bits per heavy atom. The van der Waals surface area contributed by atoms with Gasteiger partial charge in [-0.1, -0.05) is 30.3 Å². The molecule has 2 fully saturated rings. The number of carbonyl (C=O) groups is 1. The number of hydrogen-bond donors (Lipinski definition) is 0. The van der Waals surface area contributed by atoms with Gasteiger partial charge in [-0.15, -0.1) is 0 Å². The fourth-order valence-electron chi connectivity index (χ4n) is 4.58. The molecule has 0 saturated carbocycles. The summed E-state index contributed by atoms with van der Waals surface area (Å²) in [5.41, 5.74) is 3.87. The van der Waals surface area contributed by atoms with E-state index in [1.165, 1.54) is 0 Å². The van der Waals surface area contributed by atoms with Crippen molar-refractivity contribution in [2.24, 2.45) is 7.05 Å². The van der Waals surface area contributed by atoms with Crippen molar-refractivity contribution in [3.05, 3.63) is 58.9 Å². The van der Waals surface area contributed by atoms with Crippen LogP contribution in [0.4, 0.5) is 0 Å². The van der Waals surface area contributed by atoms with Gasteiger partial charge in [0, 0.05) is 44.1 Å². The quantitative estimate of drug-likeness (QED) is 0.710. The SMILES string of the molecule is Cc1nn(C)c(C)c1/C=C/C(=O)N1CC[C@]2(CCCO2)[C@H](OCc2ccccc2)C1. The Labute approximate surface area is 178 Å². The van der Waals surface area contributed by atoms with Crippen LogP contribution in [0.5, 0.6) is 0 Å². The molecular weight excluding hydrogens is 378 g/mol. The Kier molecular flexibility index (Phi) is 6.06. The molecule has 6 heteroatoms. The van der Waals surface area contributed by atoms with Gasteiger partial charge in [-0.3, -0.25) is 9.48 Å². The molecule has 1 aromatic heterocycles. The molecule has 1 spiro atoms. The van der Waals surface area contributed by atoms with Gasteiger partial charge in [0.2, 0.25) is 5.91 Å². The van der Waals surface area contributed by atoms with Crippen LogP contribution in [0.25, 0.3) is 6.08 Å². The Bertz CT molecular complexity index is 913. The minimum atomic E-state index is -0.258. The number of rotatable bonds is 5. The zero-order chi connectivity index (χ0) is 21.1. The summed E-state index contributed by atoms with van der Waals surface area (Å²) in [6, 6.07) is 10.2. The van der Waals surface area contributed by atoms with Crippen molar-refractivity contribution in [2.75, 3.05) is 19.7 Å². The van der Waals surface area contributed by atoms with Crippen molar-refractivity contribution in [2.45, 2.75) is 51.4 Å². The maximum atomic E-state index is 12.9. The van der Waals surface area contributed by atoms with Crippen LogP contribution < -0.4 is 0 Å². The van der Waals surface area contributed by atoms with Gasteiger partial charge in [0.1, 0.15) is 6.10 Å². The molecule has 0 N–H and O–H groups in total. The van der Waals surface area contributed by atoms with E-state index >= 15 is 0 Å². The highest BCUT2D eigenvalue weighted by molar-refractivity contribution is 5.92. The predicted octanol–water partition coefficient (Wildman–Crippen LogP) is 3.42. The lowest BCUT2D eigenvalue weighted by molar-refractivity contribution is -0.165. The molecule has 0 bridgehead atoms. The first-order valence-corrected chi connectivity index (χ1v) is 10.8. The number of likely N-dealkylation sites (tertiary alicyclic amines) is 1. The third kappa shape index (κ3) is 4.20. The molecule has 30 heavy (non-hydrogen) atoms. The monoisotopic (exact) mass is 409 g/mol.